The fourth-order valence-electron chi connectivity index (χ4n) is 0.720. The normalized spacial score (nSPS) is 12.6. The number of carbonyl (C=O) groups excluding carboxylic acids is 1. The third-order valence-electron chi connectivity index (χ3n) is 1.35. The van der Waals surface area contributed by atoms with E-state index in [-0.39, 0.29) is 5.70 Å². The Morgan fingerprint density at radius 1 is 1.40 bits per heavy atom. The Kier molecular flexibility index (Phi) is 3.54. The lowest BCUT2D eigenvalue weighted by Gasteiger charge is -2.00. The molecule has 0 fully saturated rings. The second-order valence-electron chi connectivity index (χ2n) is 2.31. The smallest absolute Gasteiger partial charge is 0.264 e. The predicted molar refractivity (Wildman–Crippen MR) is 41.0 cm³/mol. The number of allylic oxidation sites excluding steroid dienone is 1. The van der Waals surface area contributed by atoms with Gasteiger partial charge < -0.3 is 11.5 Å². The maximum atomic E-state index is 10.5. The van der Waals surface area contributed by atoms with Crippen molar-refractivity contribution < 1.29 is 4.79 Å². The SMILES string of the molecule is CCCC(C)=C(N)C(N)=O. The Hall–Kier alpha value is -0.990. The van der Waals surface area contributed by atoms with Crippen LogP contribution in [0.3, 0.4) is 0 Å². The summed E-state index contributed by atoms with van der Waals surface area (Å²) in [5.41, 5.74) is 11.4. The summed E-state index contributed by atoms with van der Waals surface area (Å²) in [5.74, 6) is -0.522. The lowest BCUT2D eigenvalue weighted by molar-refractivity contribution is -0.114. The van der Waals surface area contributed by atoms with Gasteiger partial charge in [0.1, 0.15) is 0 Å². The Balaban J connectivity index is 4.19. The molecule has 3 nitrogen and oxygen atoms in total. The lowest BCUT2D eigenvalue weighted by atomic mass is 10.1. The fourth-order valence-corrected chi connectivity index (χ4v) is 0.720. The first kappa shape index (κ1) is 9.01. The Morgan fingerprint density at radius 3 is 2.20 bits per heavy atom. The summed E-state index contributed by atoms with van der Waals surface area (Å²) in [6, 6.07) is 0. The van der Waals surface area contributed by atoms with Crippen molar-refractivity contribution >= 4 is 5.91 Å². The highest BCUT2D eigenvalue weighted by molar-refractivity contribution is 5.91. The van der Waals surface area contributed by atoms with Gasteiger partial charge in [0.2, 0.25) is 0 Å². The highest BCUT2D eigenvalue weighted by Crippen LogP contribution is 2.05. The van der Waals surface area contributed by atoms with E-state index in [0.29, 0.717) is 0 Å². The van der Waals surface area contributed by atoms with E-state index in [1.54, 1.807) is 0 Å². The van der Waals surface area contributed by atoms with Gasteiger partial charge in [-0.05, 0) is 18.9 Å². The van der Waals surface area contributed by atoms with Crippen molar-refractivity contribution in [1.82, 2.24) is 0 Å². The van der Waals surface area contributed by atoms with Crippen molar-refractivity contribution in [3.63, 3.8) is 0 Å². The van der Waals surface area contributed by atoms with E-state index in [4.69, 9.17) is 11.5 Å². The molecule has 0 unspecified atom stereocenters. The van der Waals surface area contributed by atoms with E-state index in [9.17, 15) is 4.79 Å². The fraction of sp³-hybridized carbons (Fsp3) is 0.571. The molecular formula is C7H14N2O. The predicted octanol–water partition coefficient (Wildman–Crippen LogP) is 0.505. The van der Waals surface area contributed by atoms with E-state index < -0.39 is 5.91 Å². The van der Waals surface area contributed by atoms with Gasteiger partial charge in [-0.2, -0.15) is 0 Å². The minimum Gasteiger partial charge on any atom is -0.394 e. The topological polar surface area (TPSA) is 69.1 Å². The average molecular weight is 142 g/mol. The summed E-state index contributed by atoms with van der Waals surface area (Å²) in [5, 5.41) is 0. The van der Waals surface area contributed by atoms with Gasteiger partial charge in [0.05, 0.1) is 5.70 Å². The van der Waals surface area contributed by atoms with E-state index in [2.05, 4.69) is 0 Å². The molecule has 0 spiro atoms. The summed E-state index contributed by atoms with van der Waals surface area (Å²) in [6.07, 6.45) is 1.83. The number of hydrogen-bond donors (Lipinski definition) is 2. The van der Waals surface area contributed by atoms with Crippen molar-refractivity contribution in [3.8, 4) is 0 Å². The molecule has 58 valence electrons. The molecule has 0 aromatic carbocycles. The molecule has 0 aliphatic carbocycles. The van der Waals surface area contributed by atoms with Gasteiger partial charge in [-0.1, -0.05) is 13.3 Å². The van der Waals surface area contributed by atoms with Gasteiger partial charge in [0, 0.05) is 0 Å². The number of primary amides is 1. The first-order valence-corrected chi connectivity index (χ1v) is 3.34. The molecule has 0 saturated heterocycles. The van der Waals surface area contributed by atoms with Crippen LogP contribution in [-0.4, -0.2) is 5.91 Å². The molecule has 0 saturated carbocycles. The van der Waals surface area contributed by atoms with Crippen LogP contribution in [0.4, 0.5) is 0 Å². The second kappa shape index (κ2) is 3.93. The molecule has 0 bridgehead atoms. The highest BCUT2D eigenvalue weighted by Gasteiger charge is 2.01. The number of amides is 1. The number of rotatable bonds is 3. The monoisotopic (exact) mass is 142 g/mol. The molecule has 4 N–H and O–H groups in total. The molecule has 0 aromatic rings. The molecule has 10 heavy (non-hydrogen) atoms. The van der Waals surface area contributed by atoms with Gasteiger partial charge in [-0.3, -0.25) is 4.79 Å². The Labute approximate surface area is 61.1 Å². The molecule has 3 heteroatoms. The van der Waals surface area contributed by atoms with Gasteiger partial charge >= 0.3 is 0 Å². The molecule has 0 aromatic heterocycles. The molecule has 0 atom stereocenters. The van der Waals surface area contributed by atoms with E-state index in [1.807, 2.05) is 13.8 Å². The van der Waals surface area contributed by atoms with Crippen LogP contribution in [0, 0.1) is 0 Å². The van der Waals surface area contributed by atoms with Crippen molar-refractivity contribution in [2.75, 3.05) is 0 Å². The van der Waals surface area contributed by atoms with Crippen molar-refractivity contribution in [2.45, 2.75) is 26.7 Å². The summed E-state index contributed by atoms with van der Waals surface area (Å²) in [6.45, 7) is 3.85. The second-order valence-corrected chi connectivity index (χ2v) is 2.31. The minimum absolute atomic E-state index is 0.210. The Bertz CT molecular complexity index is 161. The van der Waals surface area contributed by atoms with Crippen molar-refractivity contribution in [3.05, 3.63) is 11.3 Å². The van der Waals surface area contributed by atoms with Gasteiger partial charge in [-0.15, -0.1) is 0 Å². The average Bonchev–Trinajstić information content (AvgIpc) is 1.87. The largest absolute Gasteiger partial charge is 0.394 e. The number of carbonyl (C=O) groups is 1. The highest BCUT2D eigenvalue weighted by atomic mass is 16.1. The first-order chi connectivity index (χ1) is 4.59. The third-order valence-corrected chi connectivity index (χ3v) is 1.35. The molecular weight excluding hydrogens is 128 g/mol. The molecule has 0 heterocycles. The van der Waals surface area contributed by atoms with Gasteiger partial charge in [0.25, 0.3) is 5.91 Å². The van der Waals surface area contributed by atoms with E-state index in [0.717, 1.165) is 18.4 Å². The van der Waals surface area contributed by atoms with Crippen LogP contribution in [-0.2, 0) is 4.79 Å². The van der Waals surface area contributed by atoms with E-state index >= 15 is 0 Å². The Morgan fingerprint density at radius 2 is 1.90 bits per heavy atom. The standard InChI is InChI=1S/C7H14N2O/c1-3-4-5(2)6(8)7(9)10/h3-4,8H2,1-2H3,(H2,9,10). The molecule has 0 radical (unpaired) electrons. The zero-order valence-electron chi connectivity index (χ0n) is 6.48. The van der Waals surface area contributed by atoms with Gasteiger partial charge in [0.15, 0.2) is 0 Å². The van der Waals surface area contributed by atoms with Crippen LogP contribution in [0.1, 0.15) is 26.7 Å². The zero-order valence-corrected chi connectivity index (χ0v) is 6.48. The molecule has 0 rings (SSSR count). The van der Waals surface area contributed by atoms with Crippen LogP contribution in [0.2, 0.25) is 0 Å². The molecule has 0 aliphatic rings. The molecule has 1 amide bonds. The maximum absolute atomic E-state index is 10.5. The number of nitrogens with two attached hydrogens (primary N) is 2. The van der Waals surface area contributed by atoms with Crippen LogP contribution in [0.5, 0.6) is 0 Å². The van der Waals surface area contributed by atoms with Gasteiger partial charge in [-0.25, -0.2) is 0 Å². The quantitative estimate of drug-likeness (QED) is 0.563. The minimum atomic E-state index is -0.522. The summed E-state index contributed by atoms with van der Waals surface area (Å²) >= 11 is 0. The van der Waals surface area contributed by atoms with E-state index in [1.165, 1.54) is 0 Å². The maximum Gasteiger partial charge on any atom is 0.264 e. The van der Waals surface area contributed by atoms with Crippen LogP contribution < -0.4 is 11.5 Å². The first-order valence-electron chi connectivity index (χ1n) is 3.34. The zero-order chi connectivity index (χ0) is 8.15. The van der Waals surface area contributed by atoms with Crippen LogP contribution in [0.15, 0.2) is 11.3 Å². The number of hydrogen-bond acceptors (Lipinski definition) is 2. The summed E-state index contributed by atoms with van der Waals surface area (Å²) in [4.78, 5) is 10.5. The van der Waals surface area contributed by atoms with Crippen molar-refractivity contribution in [1.29, 1.82) is 0 Å². The molecule has 0 aliphatic heterocycles. The van der Waals surface area contributed by atoms with Crippen LogP contribution in [0.25, 0.3) is 0 Å². The lowest BCUT2D eigenvalue weighted by Crippen LogP contribution is -2.21. The third kappa shape index (κ3) is 2.53. The van der Waals surface area contributed by atoms with Crippen molar-refractivity contribution in [2.24, 2.45) is 11.5 Å². The van der Waals surface area contributed by atoms with Crippen LogP contribution >= 0.6 is 0 Å². The summed E-state index contributed by atoms with van der Waals surface area (Å²) in [7, 11) is 0. The summed E-state index contributed by atoms with van der Waals surface area (Å²) < 4.78 is 0.